The van der Waals surface area contributed by atoms with Crippen molar-refractivity contribution in [3.8, 4) is 0 Å². The summed E-state index contributed by atoms with van der Waals surface area (Å²) in [5.74, 6) is 0.294. The van der Waals surface area contributed by atoms with Gasteiger partial charge in [-0.2, -0.15) is 0 Å². The van der Waals surface area contributed by atoms with Crippen LogP contribution in [0.15, 0.2) is 29.8 Å². The molecule has 1 aromatic carbocycles. The molecule has 7 nitrogen and oxygen atoms in total. The van der Waals surface area contributed by atoms with Crippen molar-refractivity contribution in [2.75, 3.05) is 31.1 Å². The van der Waals surface area contributed by atoms with Crippen LogP contribution in [-0.2, 0) is 4.79 Å². The van der Waals surface area contributed by atoms with E-state index < -0.39 is 6.04 Å². The number of benzene rings is 1. The Morgan fingerprint density at radius 1 is 1.24 bits per heavy atom. The minimum Gasteiger partial charge on any atom is -0.370 e. The van der Waals surface area contributed by atoms with Crippen molar-refractivity contribution in [2.24, 2.45) is 11.8 Å². The molecule has 0 spiro atoms. The second-order valence-electron chi connectivity index (χ2n) is 9.74. The first-order valence-corrected chi connectivity index (χ1v) is 13.3. The van der Waals surface area contributed by atoms with E-state index >= 15 is 0 Å². The van der Waals surface area contributed by atoms with E-state index in [9.17, 15) is 14.4 Å². The quantitative estimate of drug-likeness (QED) is 0.525. The molecule has 180 valence electrons. The van der Waals surface area contributed by atoms with E-state index in [2.05, 4.69) is 21.7 Å². The Labute approximate surface area is 204 Å². The first-order valence-electron chi connectivity index (χ1n) is 12.4. The zero-order chi connectivity index (χ0) is 23.8. The Bertz CT molecular complexity index is 1080. The van der Waals surface area contributed by atoms with Gasteiger partial charge in [0.1, 0.15) is 5.01 Å². The van der Waals surface area contributed by atoms with E-state index in [1.54, 1.807) is 12.3 Å². The molecule has 3 aliphatic rings. The molecule has 0 bridgehead atoms. The van der Waals surface area contributed by atoms with Crippen LogP contribution in [0.5, 0.6) is 0 Å². The molecular weight excluding hydrogens is 448 g/mol. The Hall–Kier alpha value is -2.74. The van der Waals surface area contributed by atoms with Crippen LogP contribution in [0, 0.1) is 11.8 Å². The summed E-state index contributed by atoms with van der Waals surface area (Å²) in [7, 11) is 0. The van der Waals surface area contributed by atoms with Crippen LogP contribution >= 0.6 is 11.3 Å². The second-order valence-corrected chi connectivity index (χ2v) is 10.7. The number of thiazole rings is 1. The zero-order valence-corrected chi connectivity index (χ0v) is 20.7. The van der Waals surface area contributed by atoms with Gasteiger partial charge in [-0.1, -0.05) is 13.0 Å². The number of rotatable bonds is 8. The average Bonchev–Trinajstić information content (AvgIpc) is 3.42. The maximum Gasteiger partial charge on any atom is 0.264 e. The van der Waals surface area contributed by atoms with Gasteiger partial charge in [0.2, 0.25) is 5.91 Å². The molecule has 1 saturated heterocycles. The lowest BCUT2D eigenvalue weighted by Gasteiger charge is -2.37. The molecule has 3 heterocycles. The van der Waals surface area contributed by atoms with Crippen LogP contribution < -0.4 is 4.90 Å². The number of fused-ring (bicyclic) bond motifs is 1. The summed E-state index contributed by atoms with van der Waals surface area (Å²) in [6, 6.07) is 5.08. The Kier molecular flexibility index (Phi) is 6.42. The molecule has 8 heteroatoms. The topological polar surface area (TPSA) is 73.8 Å². The number of nitrogens with zero attached hydrogens (tertiary/aromatic N) is 4. The van der Waals surface area contributed by atoms with Crippen molar-refractivity contribution in [1.82, 2.24) is 14.8 Å². The van der Waals surface area contributed by atoms with E-state index in [-0.39, 0.29) is 23.6 Å². The van der Waals surface area contributed by atoms with Crippen molar-refractivity contribution in [1.29, 1.82) is 0 Å². The standard InChI is InChI=1S/C26H32N4O3S/c1-3-12-29(15-18-9-10-18)24(31)19-6-5-13-28(16-19)21-8-4-7-20-22(21)26(33)30(25(20)32)17(2)23-27-11-14-34-23/h4,7-8,11,14,17-19H,3,5-6,9-10,12-13,15-16H2,1-2H3/t17-,19-/m0/s1. The van der Waals surface area contributed by atoms with Crippen molar-refractivity contribution in [3.63, 3.8) is 0 Å². The average molecular weight is 481 g/mol. The van der Waals surface area contributed by atoms with Crippen LogP contribution in [0.4, 0.5) is 5.69 Å². The van der Waals surface area contributed by atoms with E-state index in [4.69, 9.17) is 0 Å². The van der Waals surface area contributed by atoms with Gasteiger partial charge < -0.3 is 9.80 Å². The Balaban J connectivity index is 1.38. The van der Waals surface area contributed by atoms with E-state index in [1.807, 2.05) is 24.4 Å². The summed E-state index contributed by atoms with van der Waals surface area (Å²) >= 11 is 1.44. The molecule has 1 aromatic heterocycles. The smallest absolute Gasteiger partial charge is 0.264 e. The van der Waals surface area contributed by atoms with Crippen LogP contribution in [0.1, 0.15) is 77.7 Å². The highest BCUT2D eigenvalue weighted by Crippen LogP contribution is 2.38. The fourth-order valence-electron chi connectivity index (χ4n) is 5.28. The Morgan fingerprint density at radius 3 is 2.76 bits per heavy atom. The summed E-state index contributed by atoms with van der Waals surface area (Å²) in [4.78, 5) is 50.0. The molecule has 0 unspecified atom stereocenters. The third kappa shape index (κ3) is 4.24. The van der Waals surface area contributed by atoms with Gasteiger partial charge in [-0.3, -0.25) is 19.3 Å². The molecule has 1 aliphatic carbocycles. The number of carbonyl (C=O) groups excluding carboxylic acids is 3. The number of carbonyl (C=O) groups is 3. The Morgan fingerprint density at radius 2 is 2.06 bits per heavy atom. The molecule has 2 atom stereocenters. The highest BCUT2D eigenvalue weighted by atomic mass is 32.1. The molecule has 0 radical (unpaired) electrons. The van der Waals surface area contributed by atoms with Crippen molar-refractivity contribution >= 4 is 34.7 Å². The molecule has 2 fully saturated rings. The number of aromatic nitrogens is 1. The lowest BCUT2D eigenvalue weighted by Crippen LogP contribution is -2.46. The number of hydrogen-bond acceptors (Lipinski definition) is 6. The van der Waals surface area contributed by atoms with Gasteiger partial charge in [-0.05, 0) is 57.1 Å². The van der Waals surface area contributed by atoms with Gasteiger partial charge in [0.25, 0.3) is 11.8 Å². The third-order valence-corrected chi connectivity index (χ3v) is 8.16. The van der Waals surface area contributed by atoms with Gasteiger partial charge >= 0.3 is 0 Å². The highest BCUT2D eigenvalue weighted by Gasteiger charge is 2.43. The first kappa shape index (κ1) is 23.0. The van der Waals surface area contributed by atoms with E-state index in [0.29, 0.717) is 23.6 Å². The van der Waals surface area contributed by atoms with Gasteiger partial charge in [0.05, 0.1) is 28.8 Å². The van der Waals surface area contributed by atoms with E-state index in [1.165, 1.54) is 29.1 Å². The molecule has 2 aromatic rings. The van der Waals surface area contributed by atoms with Crippen LogP contribution in [0.3, 0.4) is 0 Å². The fraction of sp³-hybridized carbons (Fsp3) is 0.538. The molecular formula is C26H32N4O3S. The number of hydrogen-bond donors (Lipinski definition) is 0. The molecule has 1 saturated carbocycles. The molecule has 0 N–H and O–H groups in total. The number of amides is 3. The normalized spacial score (nSPS) is 21.1. The maximum absolute atomic E-state index is 13.5. The molecule has 5 rings (SSSR count). The number of anilines is 1. The van der Waals surface area contributed by atoms with Gasteiger partial charge in [0.15, 0.2) is 0 Å². The van der Waals surface area contributed by atoms with Crippen LogP contribution in [0.2, 0.25) is 0 Å². The minimum absolute atomic E-state index is 0.0764. The second kappa shape index (κ2) is 9.49. The lowest BCUT2D eigenvalue weighted by atomic mass is 9.94. The third-order valence-electron chi connectivity index (χ3n) is 7.21. The molecule has 34 heavy (non-hydrogen) atoms. The molecule has 3 amide bonds. The summed E-state index contributed by atoms with van der Waals surface area (Å²) in [6.45, 7) is 7.01. The molecule has 2 aliphatic heterocycles. The van der Waals surface area contributed by atoms with Crippen molar-refractivity contribution < 1.29 is 14.4 Å². The summed E-state index contributed by atoms with van der Waals surface area (Å²) in [5.41, 5.74) is 1.68. The predicted octanol–water partition coefficient (Wildman–Crippen LogP) is 4.37. The van der Waals surface area contributed by atoms with Gasteiger partial charge in [-0.15, -0.1) is 11.3 Å². The fourth-order valence-corrected chi connectivity index (χ4v) is 5.97. The minimum atomic E-state index is -0.416. The highest BCUT2D eigenvalue weighted by molar-refractivity contribution is 7.09. The van der Waals surface area contributed by atoms with E-state index in [0.717, 1.165) is 49.6 Å². The SMILES string of the molecule is CCCN(CC1CC1)C(=O)[C@H]1CCCN(c2cccc3c2C(=O)N([C@@H](C)c2nccs2)C3=O)C1. The van der Waals surface area contributed by atoms with Crippen LogP contribution in [-0.4, -0.2) is 58.7 Å². The largest absolute Gasteiger partial charge is 0.370 e. The summed E-state index contributed by atoms with van der Waals surface area (Å²) < 4.78 is 0. The van der Waals surface area contributed by atoms with Crippen LogP contribution in [0.25, 0.3) is 0 Å². The predicted molar refractivity (Wildman–Crippen MR) is 132 cm³/mol. The lowest BCUT2D eigenvalue weighted by molar-refractivity contribution is -0.136. The zero-order valence-electron chi connectivity index (χ0n) is 19.9. The first-order chi connectivity index (χ1) is 16.5. The van der Waals surface area contributed by atoms with Crippen molar-refractivity contribution in [3.05, 3.63) is 45.9 Å². The summed E-state index contributed by atoms with van der Waals surface area (Å²) in [6.07, 6.45) is 6.87. The monoisotopic (exact) mass is 480 g/mol. The summed E-state index contributed by atoms with van der Waals surface area (Å²) in [5, 5.41) is 2.59. The number of piperidine rings is 1. The number of imide groups is 1. The van der Waals surface area contributed by atoms with Gasteiger partial charge in [-0.25, -0.2) is 4.98 Å². The van der Waals surface area contributed by atoms with Gasteiger partial charge in [0, 0.05) is 37.8 Å². The van der Waals surface area contributed by atoms with Crippen molar-refractivity contribution in [2.45, 2.75) is 52.0 Å². The maximum atomic E-state index is 13.5.